The van der Waals surface area contributed by atoms with Crippen molar-refractivity contribution in [1.82, 2.24) is 25.5 Å². The van der Waals surface area contributed by atoms with E-state index in [-0.39, 0.29) is 17.6 Å². The summed E-state index contributed by atoms with van der Waals surface area (Å²) >= 11 is 0. The first-order chi connectivity index (χ1) is 6.77. The summed E-state index contributed by atoms with van der Waals surface area (Å²) < 4.78 is 0. The second kappa shape index (κ2) is 3.83. The molecule has 6 heteroatoms. The van der Waals surface area contributed by atoms with Gasteiger partial charge < -0.3 is 5.32 Å². The van der Waals surface area contributed by atoms with Crippen molar-refractivity contribution in [3.05, 3.63) is 5.82 Å². The lowest BCUT2D eigenvalue weighted by Gasteiger charge is -2.20. The third-order valence-electron chi connectivity index (χ3n) is 2.36. The fourth-order valence-corrected chi connectivity index (χ4v) is 1.61. The highest BCUT2D eigenvalue weighted by molar-refractivity contribution is 5.96. The van der Waals surface area contributed by atoms with E-state index < -0.39 is 0 Å². The largest absolute Gasteiger partial charge is 0.307 e. The number of nitrogens with zero attached hydrogens (tertiary/aromatic N) is 4. The van der Waals surface area contributed by atoms with E-state index in [9.17, 15) is 4.79 Å². The molecule has 14 heavy (non-hydrogen) atoms. The molecule has 1 aromatic rings. The molecule has 1 aromatic heterocycles. The van der Waals surface area contributed by atoms with Crippen molar-refractivity contribution in [3.8, 4) is 0 Å². The highest BCUT2D eigenvalue weighted by atomic mass is 16.1. The second-order valence-corrected chi connectivity index (χ2v) is 3.47. The quantitative estimate of drug-likeness (QED) is 0.646. The van der Waals surface area contributed by atoms with E-state index in [1.807, 2.05) is 0 Å². The second-order valence-electron chi connectivity index (χ2n) is 3.47. The van der Waals surface area contributed by atoms with Gasteiger partial charge in [0.25, 0.3) is 0 Å². The molecule has 2 heterocycles. The number of hydrogen-bond acceptors (Lipinski definition) is 5. The van der Waals surface area contributed by atoms with Gasteiger partial charge in [0.2, 0.25) is 11.6 Å². The molecule has 2 rings (SSSR count). The summed E-state index contributed by atoms with van der Waals surface area (Å²) in [5, 5.41) is 14.4. The molecule has 0 bridgehead atoms. The van der Waals surface area contributed by atoms with Crippen molar-refractivity contribution in [3.63, 3.8) is 0 Å². The Morgan fingerprint density at radius 1 is 1.57 bits per heavy atom. The van der Waals surface area contributed by atoms with E-state index in [0.29, 0.717) is 0 Å². The fourth-order valence-electron chi connectivity index (χ4n) is 1.61. The van der Waals surface area contributed by atoms with Gasteiger partial charge in [0, 0.05) is 0 Å². The minimum atomic E-state index is -0.118. The minimum Gasteiger partial charge on any atom is -0.307 e. The topological polar surface area (TPSA) is 72.7 Å². The van der Waals surface area contributed by atoms with Crippen LogP contribution in [0.1, 0.15) is 29.9 Å². The normalized spacial score (nSPS) is 22.2. The molecule has 1 unspecified atom stereocenters. The molecule has 76 valence electrons. The van der Waals surface area contributed by atoms with Crippen LogP contribution < -0.4 is 5.32 Å². The zero-order valence-electron chi connectivity index (χ0n) is 8.10. The van der Waals surface area contributed by atoms with Crippen LogP contribution in [0.3, 0.4) is 0 Å². The maximum Gasteiger partial charge on any atom is 0.242 e. The zero-order valence-corrected chi connectivity index (χ0v) is 8.10. The molecule has 1 aliphatic rings. The van der Waals surface area contributed by atoms with Gasteiger partial charge in [-0.3, -0.25) is 4.79 Å². The number of nitrogens with one attached hydrogen (secondary N) is 1. The van der Waals surface area contributed by atoms with Gasteiger partial charge in [-0.25, -0.2) is 0 Å². The highest BCUT2D eigenvalue weighted by Crippen LogP contribution is 2.09. The van der Waals surface area contributed by atoms with Gasteiger partial charge in [-0.15, -0.1) is 10.2 Å². The summed E-state index contributed by atoms with van der Waals surface area (Å²) in [5.41, 5.74) is 0. The van der Waals surface area contributed by atoms with Crippen molar-refractivity contribution >= 4 is 5.78 Å². The van der Waals surface area contributed by atoms with Crippen LogP contribution in [0.4, 0.5) is 0 Å². The molecule has 1 saturated heterocycles. The standard InChI is InChI=1S/C8H13N5O/c1-13-11-8(10-12-13)7(14)6-4-2-3-5-9-6/h6,9H,2-5H2,1H3. The molecule has 0 radical (unpaired) electrons. The van der Waals surface area contributed by atoms with Gasteiger partial charge >= 0.3 is 0 Å². The van der Waals surface area contributed by atoms with Crippen LogP contribution in [0.2, 0.25) is 0 Å². The molecule has 1 fully saturated rings. The van der Waals surface area contributed by atoms with Crippen LogP contribution in [0, 0.1) is 0 Å². The maximum absolute atomic E-state index is 11.8. The zero-order chi connectivity index (χ0) is 9.97. The predicted octanol–water partition coefficient (Wildman–Crippen LogP) is -0.465. The van der Waals surface area contributed by atoms with Crippen LogP contribution in [0.15, 0.2) is 0 Å². The Bertz CT molecular complexity index is 328. The van der Waals surface area contributed by atoms with E-state index >= 15 is 0 Å². The molecule has 0 aliphatic carbocycles. The Balaban J connectivity index is 2.07. The van der Waals surface area contributed by atoms with Gasteiger partial charge in [0.1, 0.15) is 0 Å². The van der Waals surface area contributed by atoms with E-state index in [0.717, 1.165) is 25.8 Å². The van der Waals surface area contributed by atoms with Gasteiger partial charge in [0.05, 0.1) is 13.1 Å². The molecule has 0 saturated carbocycles. The Hall–Kier alpha value is -1.30. The Labute approximate surface area is 81.7 Å². The number of aryl methyl sites for hydroxylation is 1. The summed E-state index contributed by atoms with van der Waals surface area (Å²) in [6.07, 6.45) is 3.10. The van der Waals surface area contributed by atoms with Gasteiger partial charge in [-0.05, 0) is 24.6 Å². The van der Waals surface area contributed by atoms with Gasteiger partial charge in [-0.1, -0.05) is 6.42 Å². The molecule has 1 atom stereocenters. The number of tetrazole rings is 1. The van der Waals surface area contributed by atoms with Crippen LogP contribution in [0.25, 0.3) is 0 Å². The SMILES string of the molecule is Cn1nnc(C(=O)C2CCCCN2)n1. The Morgan fingerprint density at radius 2 is 2.43 bits per heavy atom. The van der Waals surface area contributed by atoms with Crippen molar-refractivity contribution in [2.75, 3.05) is 6.54 Å². The average molecular weight is 195 g/mol. The smallest absolute Gasteiger partial charge is 0.242 e. The first kappa shape index (κ1) is 9.26. The van der Waals surface area contributed by atoms with E-state index in [2.05, 4.69) is 20.7 Å². The molecule has 6 nitrogen and oxygen atoms in total. The van der Waals surface area contributed by atoms with Crippen LogP contribution in [-0.4, -0.2) is 38.6 Å². The summed E-state index contributed by atoms with van der Waals surface area (Å²) in [4.78, 5) is 13.1. The van der Waals surface area contributed by atoms with Crippen LogP contribution in [0.5, 0.6) is 0 Å². The molecule has 1 aliphatic heterocycles. The monoisotopic (exact) mass is 195 g/mol. The van der Waals surface area contributed by atoms with Crippen LogP contribution >= 0.6 is 0 Å². The van der Waals surface area contributed by atoms with Gasteiger partial charge in [-0.2, -0.15) is 4.80 Å². The molecule has 0 spiro atoms. The lowest BCUT2D eigenvalue weighted by molar-refractivity contribution is 0.0916. The number of ketones is 1. The molecule has 0 aromatic carbocycles. The third-order valence-corrected chi connectivity index (χ3v) is 2.36. The van der Waals surface area contributed by atoms with E-state index in [4.69, 9.17) is 0 Å². The first-order valence-corrected chi connectivity index (χ1v) is 4.79. The fraction of sp³-hybridized carbons (Fsp3) is 0.750. The van der Waals surface area contributed by atoms with E-state index in [1.165, 1.54) is 4.80 Å². The Kier molecular flexibility index (Phi) is 2.53. The van der Waals surface area contributed by atoms with Crippen LogP contribution in [-0.2, 0) is 7.05 Å². The summed E-state index contributed by atoms with van der Waals surface area (Å²) in [6, 6.07) is -0.118. The summed E-state index contributed by atoms with van der Waals surface area (Å²) in [5.74, 6) is 0.171. The molecular formula is C8H13N5O. The number of aromatic nitrogens is 4. The van der Waals surface area contributed by atoms with Crippen molar-refractivity contribution in [2.45, 2.75) is 25.3 Å². The number of rotatable bonds is 2. The molecular weight excluding hydrogens is 182 g/mol. The third kappa shape index (κ3) is 1.79. The first-order valence-electron chi connectivity index (χ1n) is 4.79. The number of hydrogen-bond donors (Lipinski definition) is 1. The average Bonchev–Trinajstić information content (AvgIpc) is 2.65. The number of carbonyl (C=O) groups is 1. The Morgan fingerprint density at radius 3 is 3.00 bits per heavy atom. The molecule has 1 N–H and O–H groups in total. The maximum atomic E-state index is 11.8. The lowest BCUT2D eigenvalue weighted by atomic mass is 10.0. The number of Topliss-reactive ketones (excluding diaryl/α,β-unsaturated/α-hetero) is 1. The lowest BCUT2D eigenvalue weighted by Crippen LogP contribution is -2.40. The van der Waals surface area contributed by atoms with Crippen molar-refractivity contribution in [2.24, 2.45) is 7.05 Å². The van der Waals surface area contributed by atoms with Gasteiger partial charge in [0.15, 0.2) is 0 Å². The van der Waals surface area contributed by atoms with Crippen molar-refractivity contribution in [1.29, 1.82) is 0 Å². The van der Waals surface area contributed by atoms with E-state index in [1.54, 1.807) is 7.05 Å². The predicted molar refractivity (Wildman–Crippen MR) is 48.8 cm³/mol. The minimum absolute atomic E-state index is 0.0437. The summed E-state index contributed by atoms with van der Waals surface area (Å²) in [7, 11) is 1.65. The van der Waals surface area contributed by atoms with Crippen molar-refractivity contribution < 1.29 is 4.79 Å². The number of carbonyl (C=O) groups excluding carboxylic acids is 1. The summed E-state index contributed by atoms with van der Waals surface area (Å²) in [6.45, 7) is 0.899. The highest BCUT2D eigenvalue weighted by Gasteiger charge is 2.24. The number of piperidine rings is 1. The molecule has 0 amide bonds.